The molecular formula is C27H31ClN6O2. The van der Waals surface area contributed by atoms with E-state index in [4.69, 9.17) is 16.6 Å². The lowest BCUT2D eigenvalue weighted by atomic mass is 10.1. The average Bonchev–Trinajstić information content (AvgIpc) is 3.29. The van der Waals surface area contributed by atoms with Crippen molar-refractivity contribution >= 4 is 34.0 Å². The van der Waals surface area contributed by atoms with Crippen molar-refractivity contribution in [3.05, 3.63) is 75.2 Å². The molecule has 4 aromatic rings. The Hall–Kier alpha value is -3.33. The minimum Gasteiger partial charge on any atom is -0.395 e. The molecule has 0 aliphatic carbocycles. The number of anilines is 2. The summed E-state index contributed by atoms with van der Waals surface area (Å²) >= 11 is 6.11. The Kier molecular flexibility index (Phi) is 7.27. The summed E-state index contributed by atoms with van der Waals surface area (Å²) in [7, 11) is 0. The standard InChI is InChI=1S/C27H31ClN6O2/c1-18-15-21(34-11-9-33(10-12-34)13-14-35)17-23-25(18)32-26(31-23)24-22(6-8-30-27(24)36)29-7-5-19-3-2-4-20(28)16-19/h2-4,6,8,15-17,35H,5,7,9-14H2,1H3,(H,31,32)(H2,29,30,36). The second kappa shape index (κ2) is 10.7. The van der Waals surface area contributed by atoms with Crippen LogP contribution in [0.4, 0.5) is 11.4 Å². The van der Waals surface area contributed by atoms with E-state index in [0.717, 1.165) is 72.7 Å². The number of halogens is 1. The third-order valence-corrected chi connectivity index (χ3v) is 6.97. The lowest BCUT2D eigenvalue weighted by Crippen LogP contribution is -2.47. The topological polar surface area (TPSA) is 100 Å². The highest BCUT2D eigenvalue weighted by molar-refractivity contribution is 6.30. The molecule has 1 aliphatic rings. The van der Waals surface area contributed by atoms with Gasteiger partial charge in [-0.2, -0.15) is 0 Å². The smallest absolute Gasteiger partial charge is 0.261 e. The molecule has 188 valence electrons. The van der Waals surface area contributed by atoms with Crippen LogP contribution in [-0.4, -0.2) is 70.8 Å². The molecule has 36 heavy (non-hydrogen) atoms. The predicted molar refractivity (Wildman–Crippen MR) is 146 cm³/mol. The van der Waals surface area contributed by atoms with Crippen LogP contribution in [0.15, 0.2) is 53.5 Å². The molecule has 1 saturated heterocycles. The molecule has 1 aliphatic heterocycles. The second-order valence-electron chi connectivity index (χ2n) is 9.20. The number of aryl methyl sites for hydroxylation is 1. The molecule has 5 rings (SSSR count). The van der Waals surface area contributed by atoms with Gasteiger partial charge in [0.15, 0.2) is 0 Å². The van der Waals surface area contributed by atoms with Crippen molar-refractivity contribution < 1.29 is 5.11 Å². The fourth-order valence-electron chi connectivity index (χ4n) is 4.84. The fraction of sp³-hybridized carbons (Fsp3) is 0.333. The zero-order valence-corrected chi connectivity index (χ0v) is 21.1. The van der Waals surface area contributed by atoms with Gasteiger partial charge in [0, 0.05) is 56.2 Å². The zero-order valence-electron chi connectivity index (χ0n) is 20.4. The number of imidazole rings is 1. The fourth-order valence-corrected chi connectivity index (χ4v) is 5.05. The number of β-amino-alcohol motifs (C(OH)–C–C–N with tert-alkyl or cyclic N) is 1. The molecule has 2 aromatic heterocycles. The van der Waals surface area contributed by atoms with Gasteiger partial charge in [-0.15, -0.1) is 0 Å². The van der Waals surface area contributed by atoms with Crippen molar-refractivity contribution in [3.8, 4) is 11.4 Å². The number of fused-ring (bicyclic) bond motifs is 1. The Morgan fingerprint density at radius 2 is 1.97 bits per heavy atom. The van der Waals surface area contributed by atoms with Crippen molar-refractivity contribution in [2.75, 3.05) is 56.1 Å². The number of hydrogen-bond acceptors (Lipinski definition) is 6. The van der Waals surface area contributed by atoms with Crippen molar-refractivity contribution in [3.63, 3.8) is 0 Å². The van der Waals surface area contributed by atoms with Crippen molar-refractivity contribution in [1.82, 2.24) is 19.9 Å². The number of benzene rings is 2. The number of aliphatic hydroxyl groups is 1. The molecule has 9 heteroatoms. The van der Waals surface area contributed by atoms with Crippen LogP contribution >= 0.6 is 11.6 Å². The number of H-pyrrole nitrogens is 2. The summed E-state index contributed by atoms with van der Waals surface area (Å²) < 4.78 is 0. The van der Waals surface area contributed by atoms with Crippen LogP contribution in [-0.2, 0) is 6.42 Å². The molecule has 1 fully saturated rings. The Bertz CT molecular complexity index is 1410. The molecule has 0 atom stereocenters. The molecule has 0 amide bonds. The van der Waals surface area contributed by atoms with E-state index >= 15 is 0 Å². The predicted octanol–water partition coefficient (Wildman–Crippen LogP) is 3.65. The summed E-state index contributed by atoms with van der Waals surface area (Å²) in [5.74, 6) is 0.546. The van der Waals surface area contributed by atoms with Crippen LogP contribution in [0, 0.1) is 6.92 Å². The lowest BCUT2D eigenvalue weighted by molar-refractivity contribution is 0.189. The van der Waals surface area contributed by atoms with Crippen LogP contribution in [0.25, 0.3) is 22.4 Å². The second-order valence-corrected chi connectivity index (χ2v) is 9.64. The van der Waals surface area contributed by atoms with E-state index in [9.17, 15) is 9.90 Å². The minimum absolute atomic E-state index is 0.193. The molecule has 0 saturated carbocycles. The quantitative estimate of drug-likeness (QED) is 0.291. The van der Waals surface area contributed by atoms with Crippen LogP contribution in [0.3, 0.4) is 0 Å². The number of hydrogen-bond donors (Lipinski definition) is 4. The van der Waals surface area contributed by atoms with Gasteiger partial charge in [0.25, 0.3) is 5.56 Å². The highest BCUT2D eigenvalue weighted by Crippen LogP contribution is 2.29. The van der Waals surface area contributed by atoms with Crippen molar-refractivity contribution in [2.24, 2.45) is 0 Å². The zero-order chi connectivity index (χ0) is 25.1. The minimum atomic E-state index is -0.195. The number of piperazine rings is 1. The molecule has 4 N–H and O–H groups in total. The van der Waals surface area contributed by atoms with Gasteiger partial charge in [0.2, 0.25) is 0 Å². The first-order valence-corrected chi connectivity index (χ1v) is 12.7. The third-order valence-electron chi connectivity index (χ3n) is 6.73. The molecule has 0 unspecified atom stereocenters. The van der Waals surface area contributed by atoms with E-state index in [-0.39, 0.29) is 12.2 Å². The maximum absolute atomic E-state index is 12.9. The Morgan fingerprint density at radius 3 is 2.75 bits per heavy atom. The van der Waals surface area contributed by atoms with Gasteiger partial charge in [-0.3, -0.25) is 9.69 Å². The van der Waals surface area contributed by atoms with Gasteiger partial charge in [-0.05, 0) is 54.8 Å². The lowest BCUT2D eigenvalue weighted by Gasteiger charge is -2.35. The third kappa shape index (κ3) is 5.26. The maximum atomic E-state index is 12.9. The largest absolute Gasteiger partial charge is 0.395 e. The van der Waals surface area contributed by atoms with Gasteiger partial charge < -0.3 is 25.3 Å². The SMILES string of the molecule is Cc1cc(N2CCN(CCO)CC2)cc2[nH]c(-c3c(NCCc4cccc(Cl)c4)cc[nH]c3=O)nc12. The summed E-state index contributed by atoms with van der Waals surface area (Å²) in [6, 6.07) is 13.9. The molecular weight excluding hydrogens is 476 g/mol. The van der Waals surface area contributed by atoms with E-state index in [1.165, 1.54) is 0 Å². The number of pyridine rings is 1. The van der Waals surface area contributed by atoms with Gasteiger partial charge in [0.1, 0.15) is 11.4 Å². The van der Waals surface area contributed by atoms with E-state index in [0.29, 0.717) is 23.0 Å². The highest BCUT2D eigenvalue weighted by Gasteiger charge is 2.20. The number of nitrogens with zero attached hydrogens (tertiary/aromatic N) is 3. The number of aliphatic hydroxyl groups excluding tert-OH is 1. The van der Waals surface area contributed by atoms with E-state index in [1.54, 1.807) is 6.20 Å². The number of aromatic amines is 2. The summed E-state index contributed by atoms with van der Waals surface area (Å²) in [5, 5.41) is 13.3. The van der Waals surface area contributed by atoms with Crippen molar-refractivity contribution in [2.45, 2.75) is 13.3 Å². The van der Waals surface area contributed by atoms with Crippen molar-refractivity contribution in [1.29, 1.82) is 0 Å². The summed E-state index contributed by atoms with van der Waals surface area (Å²) in [4.78, 5) is 28.5. The molecule has 0 bridgehead atoms. The normalized spacial score (nSPS) is 14.5. The molecule has 0 radical (unpaired) electrons. The average molecular weight is 507 g/mol. The first-order valence-electron chi connectivity index (χ1n) is 12.3. The number of rotatable bonds is 8. The molecule has 2 aromatic carbocycles. The van der Waals surface area contributed by atoms with E-state index < -0.39 is 0 Å². The number of aromatic nitrogens is 3. The van der Waals surface area contributed by atoms with Gasteiger partial charge in [-0.25, -0.2) is 4.98 Å². The van der Waals surface area contributed by atoms with Crippen LogP contribution in [0.1, 0.15) is 11.1 Å². The van der Waals surface area contributed by atoms with E-state index in [1.807, 2.05) is 30.3 Å². The van der Waals surface area contributed by atoms with E-state index in [2.05, 4.69) is 44.1 Å². The Morgan fingerprint density at radius 1 is 1.14 bits per heavy atom. The Balaban J connectivity index is 1.38. The summed E-state index contributed by atoms with van der Waals surface area (Å²) in [5.41, 5.74) is 6.14. The molecule has 0 spiro atoms. The Labute approximate surface area is 214 Å². The molecule has 8 nitrogen and oxygen atoms in total. The monoisotopic (exact) mass is 506 g/mol. The number of nitrogens with one attached hydrogen (secondary N) is 3. The first kappa shape index (κ1) is 24.4. The van der Waals surface area contributed by atoms with Gasteiger partial charge in [0.05, 0.1) is 23.3 Å². The first-order chi connectivity index (χ1) is 17.5. The van der Waals surface area contributed by atoms with Gasteiger partial charge in [-0.1, -0.05) is 23.7 Å². The van der Waals surface area contributed by atoms with Crippen LogP contribution in [0.2, 0.25) is 5.02 Å². The summed E-state index contributed by atoms with van der Waals surface area (Å²) in [6.45, 7) is 7.29. The maximum Gasteiger partial charge on any atom is 0.261 e. The van der Waals surface area contributed by atoms with Crippen LogP contribution in [0.5, 0.6) is 0 Å². The van der Waals surface area contributed by atoms with Gasteiger partial charge >= 0.3 is 0 Å². The molecule has 3 heterocycles. The summed E-state index contributed by atoms with van der Waals surface area (Å²) in [6.07, 6.45) is 2.43. The highest BCUT2D eigenvalue weighted by atomic mass is 35.5. The van der Waals surface area contributed by atoms with Crippen LogP contribution < -0.4 is 15.8 Å².